The predicted molar refractivity (Wildman–Crippen MR) is 46.8 cm³/mol. The summed E-state index contributed by atoms with van der Waals surface area (Å²) in [5.74, 6) is 0. The minimum atomic E-state index is 0.678. The van der Waals surface area contributed by atoms with E-state index >= 15 is 0 Å². The molecule has 0 N–H and O–H groups in total. The molecule has 1 aliphatic rings. The van der Waals surface area contributed by atoms with Crippen LogP contribution in [0.2, 0.25) is 0 Å². The molecule has 2 heteroatoms. The molecule has 0 bridgehead atoms. The molecule has 1 aliphatic carbocycles. The molecule has 3 rings (SSSR count). The first kappa shape index (κ1) is 6.23. The van der Waals surface area contributed by atoms with E-state index in [-0.39, 0.29) is 0 Å². The van der Waals surface area contributed by atoms with Crippen molar-refractivity contribution in [1.82, 2.24) is 9.78 Å². The number of benzene rings is 1. The maximum absolute atomic E-state index is 4.47. The largest absolute Gasteiger partial charge is 0.268 e. The highest BCUT2D eigenvalue weighted by Crippen LogP contribution is 2.34. The van der Waals surface area contributed by atoms with Gasteiger partial charge in [0.05, 0.1) is 11.6 Å². The fourth-order valence-corrected chi connectivity index (χ4v) is 1.45. The molecule has 1 aromatic heterocycles. The molecule has 1 fully saturated rings. The Hall–Kier alpha value is -1.31. The van der Waals surface area contributed by atoms with Crippen molar-refractivity contribution in [2.45, 2.75) is 18.9 Å². The van der Waals surface area contributed by atoms with Crippen molar-refractivity contribution in [3.8, 4) is 0 Å². The van der Waals surface area contributed by atoms with Crippen LogP contribution in [0.4, 0.5) is 0 Å². The summed E-state index contributed by atoms with van der Waals surface area (Å²) < 4.78 is 2.08. The van der Waals surface area contributed by atoms with Gasteiger partial charge in [-0.25, -0.2) is 0 Å². The van der Waals surface area contributed by atoms with Gasteiger partial charge in [0.1, 0.15) is 0 Å². The van der Waals surface area contributed by atoms with Crippen LogP contribution < -0.4 is 0 Å². The minimum Gasteiger partial charge on any atom is -0.268 e. The Bertz CT molecular complexity index is 379. The van der Waals surface area contributed by atoms with Crippen molar-refractivity contribution in [3.05, 3.63) is 30.5 Å². The molecule has 1 aromatic carbocycles. The minimum absolute atomic E-state index is 0.678. The standard InChI is InChI=1S/C10H9N2/c1-2-4-10-8(3-1)7-12(11-10)9-5-6-9/h2-4,7,9H,5-6H2. The summed E-state index contributed by atoms with van der Waals surface area (Å²) in [7, 11) is 0. The van der Waals surface area contributed by atoms with Crippen molar-refractivity contribution < 1.29 is 0 Å². The highest BCUT2D eigenvalue weighted by molar-refractivity contribution is 5.77. The lowest BCUT2D eigenvalue weighted by Gasteiger charge is -1.91. The van der Waals surface area contributed by atoms with E-state index in [1.54, 1.807) is 0 Å². The molecule has 0 amide bonds. The van der Waals surface area contributed by atoms with Gasteiger partial charge in [0, 0.05) is 11.6 Å². The van der Waals surface area contributed by atoms with Crippen LogP contribution in [0.5, 0.6) is 0 Å². The van der Waals surface area contributed by atoms with Crippen molar-refractivity contribution in [3.63, 3.8) is 0 Å². The molecule has 0 atom stereocenters. The number of fused-ring (bicyclic) bond motifs is 1. The predicted octanol–water partition coefficient (Wildman–Crippen LogP) is 2.17. The molecule has 12 heavy (non-hydrogen) atoms. The van der Waals surface area contributed by atoms with E-state index in [0.717, 1.165) is 5.52 Å². The van der Waals surface area contributed by atoms with Crippen LogP contribution in [-0.2, 0) is 0 Å². The maximum atomic E-state index is 4.47. The Morgan fingerprint density at radius 1 is 1.50 bits per heavy atom. The van der Waals surface area contributed by atoms with Crippen LogP contribution in [0, 0.1) is 6.07 Å². The van der Waals surface area contributed by atoms with Gasteiger partial charge in [0.15, 0.2) is 0 Å². The number of hydrogen-bond acceptors (Lipinski definition) is 1. The Kier molecular flexibility index (Phi) is 1.09. The molecule has 0 unspecified atom stereocenters. The average Bonchev–Trinajstić information content (AvgIpc) is 2.85. The first-order valence-corrected chi connectivity index (χ1v) is 4.28. The third kappa shape index (κ3) is 0.843. The smallest absolute Gasteiger partial charge is 0.0923 e. The van der Waals surface area contributed by atoms with Crippen LogP contribution in [0.1, 0.15) is 18.9 Å². The number of nitrogens with zero attached hydrogens (tertiary/aromatic N) is 2. The van der Waals surface area contributed by atoms with E-state index in [9.17, 15) is 0 Å². The lowest BCUT2D eigenvalue weighted by molar-refractivity contribution is 0.649. The lowest BCUT2D eigenvalue weighted by Crippen LogP contribution is -1.92. The second-order valence-corrected chi connectivity index (χ2v) is 3.33. The van der Waals surface area contributed by atoms with Crippen molar-refractivity contribution in [2.75, 3.05) is 0 Å². The summed E-state index contributed by atoms with van der Waals surface area (Å²) in [6.07, 6.45) is 4.69. The van der Waals surface area contributed by atoms with Crippen LogP contribution in [-0.4, -0.2) is 9.78 Å². The molecule has 0 aliphatic heterocycles. The third-order valence-corrected chi connectivity index (χ3v) is 2.29. The topological polar surface area (TPSA) is 17.8 Å². The van der Waals surface area contributed by atoms with Crippen LogP contribution in [0.15, 0.2) is 24.4 Å². The lowest BCUT2D eigenvalue weighted by atomic mass is 10.3. The summed E-state index contributed by atoms with van der Waals surface area (Å²) in [5, 5.41) is 5.67. The number of rotatable bonds is 1. The Morgan fingerprint density at radius 3 is 3.17 bits per heavy atom. The van der Waals surface area contributed by atoms with Crippen molar-refractivity contribution in [2.24, 2.45) is 0 Å². The van der Waals surface area contributed by atoms with Gasteiger partial charge in [-0.3, -0.25) is 4.68 Å². The first-order valence-electron chi connectivity index (χ1n) is 4.28. The van der Waals surface area contributed by atoms with E-state index in [1.165, 1.54) is 18.2 Å². The fourth-order valence-electron chi connectivity index (χ4n) is 1.45. The van der Waals surface area contributed by atoms with Gasteiger partial charge >= 0.3 is 0 Å². The normalized spacial score (nSPS) is 17.0. The monoisotopic (exact) mass is 157 g/mol. The number of hydrogen-bond donors (Lipinski definition) is 0. The van der Waals surface area contributed by atoms with Gasteiger partial charge in [0.2, 0.25) is 0 Å². The molecule has 0 saturated heterocycles. The summed E-state index contributed by atoms with van der Waals surface area (Å²) in [5.41, 5.74) is 1.08. The molecule has 2 aromatic rings. The zero-order valence-corrected chi connectivity index (χ0v) is 6.70. The van der Waals surface area contributed by atoms with Crippen LogP contribution in [0.25, 0.3) is 10.9 Å². The van der Waals surface area contributed by atoms with Gasteiger partial charge in [0.25, 0.3) is 0 Å². The Balaban J connectivity index is 2.23. The summed E-state index contributed by atoms with van der Waals surface area (Å²) in [4.78, 5) is 0. The van der Waals surface area contributed by atoms with Gasteiger partial charge in [-0.15, -0.1) is 0 Å². The van der Waals surface area contributed by atoms with Crippen molar-refractivity contribution in [1.29, 1.82) is 0 Å². The Labute approximate surface area is 70.8 Å². The molecule has 59 valence electrons. The van der Waals surface area contributed by atoms with E-state index in [4.69, 9.17) is 0 Å². The summed E-state index contributed by atoms with van der Waals surface area (Å²) in [6, 6.07) is 9.64. The second-order valence-electron chi connectivity index (χ2n) is 3.33. The molecule has 1 heterocycles. The highest BCUT2D eigenvalue weighted by Gasteiger charge is 2.24. The molecule has 2 nitrogen and oxygen atoms in total. The maximum Gasteiger partial charge on any atom is 0.0923 e. The molecule has 1 saturated carbocycles. The van der Waals surface area contributed by atoms with Gasteiger partial charge in [-0.05, 0) is 31.0 Å². The van der Waals surface area contributed by atoms with Gasteiger partial charge in [-0.1, -0.05) is 6.07 Å². The zero-order chi connectivity index (χ0) is 7.97. The van der Waals surface area contributed by atoms with Crippen molar-refractivity contribution >= 4 is 10.9 Å². The molecule has 0 spiro atoms. The molecular formula is C10H9N2. The van der Waals surface area contributed by atoms with E-state index in [2.05, 4.69) is 22.0 Å². The van der Waals surface area contributed by atoms with Gasteiger partial charge in [-0.2, -0.15) is 5.10 Å². The highest BCUT2D eigenvalue weighted by atomic mass is 15.3. The SMILES string of the molecule is [c]1ccc2nn(C3CC3)cc2c1. The van der Waals surface area contributed by atoms with Gasteiger partial charge < -0.3 is 0 Å². The van der Waals surface area contributed by atoms with E-state index in [1.807, 2.05) is 18.2 Å². The van der Waals surface area contributed by atoms with E-state index in [0.29, 0.717) is 6.04 Å². The van der Waals surface area contributed by atoms with Crippen LogP contribution in [0.3, 0.4) is 0 Å². The average molecular weight is 157 g/mol. The Morgan fingerprint density at radius 2 is 2.42 bits per heavy atom. The molecule has 1 radical (unpaired) electrons. The summed E-state index contributed by atoms with van der Waals surface area (Å²) in [6.45, 7) is 0. The zero-order valence-electron chi connectivity index (χ0n) is 6.70. The first-order chi connectivity index (χ1) is 5.93. The third-order valence-electron chi connectivity index (χ3n) is 2.29. The second kappa shape index (κ2) is 2.09. The fraction of sp³-hybridized carbons (Fsp3) is 0.300. The quantitative estimate of drug-likeness (QED) is 0.620. The van der Waals surface area contributed by atoms with Crippen LogP contribution >= 0.6 is 0 Å². The van der Waals surface area contributed by atoms with E-state index < -0.39 is 0 Å². The molecular weight excluding hydrogens is 148 g/mol. The number of aromatic nitrogens is 2. The summed E-state index contributed by atoms with van der Waals surface area (Å²) >= 11 is 0.